The van der Waals surface area contributed by atoms with Crippen LogP contribution in [0.4, 0.5) is 0 Å². The van der Waals surface area contributed by atoms with Crippen LogP contribution in [0.25, 0.3) is 0 Å². The van der Waals surface area contributed by atoms with Crippen molar-refractivity contribution in [2.75, 3.05) is 13.1 Å². The number of pyridine rings is 1. The van der Waals surface area contributed by atoms with Crippen molar-refractivity contribution in [2.45, 2.75) is 32.3 Å². The fourth-order valence-corrected chi connectivity index (χ4v) is 3.73. The monoisotopic (exact) mass is 388 g/mol. The third-order valence-electron chi connectivity index (χ3n) is 5.10. The first-order valence-electron chi connectivity index (χ1n) is 10.2. The Labute approximate surface area is 172 Å². The number of carbonyl (C=O) groups excluding carboxylic acids is 1. The van der Waals surface area contributed by atoms with E-state index < -0.39 is 5.60 Å². The SMILES string of the molecule is CCCN(CCC)C(=O)c1ccncc1C(O)(c1ccccc1)c1ccccc1. The highest BCUT2D eigenvalue weighted by molar-refractivity contribution is 5.96. The van der Waals surface area contributed by atoms with Gasteiger partial charge in [-0.3, -0.25) is 9.78 Å². The summed E-state index contributed by atoms with van der Waals surface area (Å²) in [6, 6.07) is 20.6. The second-order valence-electron chi connectivity index (χ2n) is 7.16. The third kappa shape index (κ3) is 4.22. The quantitative estimate of drug-likeness (QED) is 0.612. The summed E-state index contributed by atoms with van der Waals surface area (Å²) in [7, 11) is 0. The predicted octanol–water partition coefficient (Wildman–Crippen LogP) is 4.63. The molecule has 0 saturated carbocycles. The molecule has 3 rings (SSSR count). The molecule has 1 amide bonds. The summed E-state index contributed by atoms with van der Waals surface area (Å²) in [5.41, 5.74) is 0.902. The first kappa shape index (κ1) is 20.7. The summed E-state index contributed by atoms with van der Waals surface area (Å²) in [5.74, 6) is -0.0728. The Bertz CT molecular complexity index is 880. The van der Waals surface area contributed by atoms with E-state index in [-0.39, 0.29) is 5.91 Å². The Balaban J connectivity index is 2.20. The normalized spacial score (nSPS) is 11.3. The van der Waals surface area contributed by atoms with Gasteiger partial charge >= 0.3 is 0 Å². The number of amides is 1. The summed E-state index contributed by atoms with van der Waals surface area (Å²) < 4.78 is 0. The second kappa shape index (κ2) is 9.48. The minimum atomic E-state index is -1.48. The van der Waals surface area contributed by atoms with Gasteiger partial charge in [0.1, 0.15) is 5.60 Å². The van der Waals surface area contributed by atoms with Gasteiger partial charge in [-0.2, -0.15) is 0 Å². The van der Waals surface area contributed by atoms with Crippen LogP contribution in [0.5, 0.6) is 0 Å². The molecule has 1 N–H and O–H groups in total. The molecule has 1 aromatic heterocycles. The molecule has 2 aromatic carbocycles. The van der Waals surface area contributed by atoms with Crippen LogP contribution in [0.2, 0.25) is 0 Å². The summed E-state index contributed by atoms with van der Waals surface area (Å²) in [6.07, 6.45) is 4.99. The molecule has 0 atom stereocenters. The zero-order valence-electron chi connectivity index (χ0n) is 17.1. The van der Waals surface area contributed by atoms with E-state index in [0.717, 1.165) is 12.8 Å². The highest BCUT2D eigenvalue weighted by Crippen LogP contribution is 2.38. The fourth-order valence-electron chi connectivity index (χ4n) is 3.73. The van der Waals surface area contributed by atoms with Gasteiger partial charge < -0.3 is 10.0 Å². The Morgan fingerprint density at radius 3 is 1.90 bits per heavy atom. The van der Waals surface area contributed by atoms with Crippen molar-refractivity contribution in [3.63, 3.8) is 0 Å². The van der Waals surface area contributed by atoms with E-state index in [4.69, 9.17) is 0 Å². The largest absolute Gasteiger partial charge is 0.376 e. The van der Waals surface area contributed by atoms with E-state index in [2.05, 4.69) is 18.8 Å². The molecule has 0 unspecified atom stereocenters. The van der Waals surface area contributed by atoms with Crippen molar-refractivity contribution in [1.82, 2.24) is 9.88 Å². The van der Waals surface area contributed by atoms with E-state index >= 15 is 0 Å². The van der Waals surface area contributed by atoms with E-state index in [1.807, 2.05) is 65.6 Å². The average molecular weight is 389 g/mol. The van der Waals surface area contributed by atoms with Gasteiger partial charge in [0, 0.05) is 36.6 Å². The number of aliphatic hydroxyl groups is 1. The zero-order chi connectivity index (χ0) is 20.7. The summed E-state index contributed by atoms with van der Waals surface area (Å²) in [4.78, 5) is 19.6. The molecule has 0 radical (unpaired) electrons. The summed E-state index contributed by atoms with van der Waals surface area (Å²) in [5, 5.41) is 12.1. The van der Waals surface area contributed by atoms with E-state index in [9.17, 15) is 9.90 Å². The first-order valence-corrected chi connectivity index (χ1v) is 10.2. The van der Waals surface area contributed by atoms with Crippen molar-refractivity contribution in [1.29, 1.82) is 0 Å². The van der Waals surface area contributed by atoms with Crippen molar-refractivity contribution < 1.29 is 9.90 Å². The van der Waals surface area contributed by atoms with E-state index in [1.54, 1.807) is 18.5 Å². The lowest BCUT2D eigenvalue weighted by Crippen LogP contribution is -2.37. The lowest BCUT2D eigenvalue weighted by molar-refractivity contribution is 0.0738. The van der Waals surface area contributed by atoms with Gasteiger partial charge in [0.15, 0.2) is 0 Å². The average Bonchev–Trinajstić information content (AvgIpc) is 2.79. The molecule has 4 heteroatoms. The molecule has 0 aliphatic heterocycles. The number of benzene rings is 2. The molecular weight excluding hydrogens is 360 g/mol. The molecular formula is C25H28N2O2. The van der Waals surface area contributed by atoms with Gasteiger partial charge in [-0.25, -0.2) is 0 Å². The zero-order valence-corrected chi connectivity index (χ0v) is 17.1. The number of rotatable bonds is 8. The molecule has 0 saturated heterocycles. The topological polar surface area (TPSA) is 53.4 Å². The van der Waals surface area contributed by atoms with Crippen molar-refractivity contribution in [2.24, 2.45) is 0 Å². The van der Waals surface area contributed by atoms with Crippen molar-refractivity contribution in [3.05, 3.63) is 101 Å². The van der Waals surface area contributed by atoms with Gasteiger partial charge in [0.25, 0.3) is 5.91 Å². The predicted molar refractivity (Wildman–Crippen MR) is 116 cm³/mol. The highest BCUT2D eigenvalue weighted by Gasteiger charge is 2.37. The van der Waals surface area contributed by atoms with Crippen LogP contribution in [0.3, 0.4) is 0 Å². The highest BCUT2D eigenvalue weighted by atomic mass is 16.3. The number of aromatic nitrogens is 1. The smallest absolute Gasteiger partial charge is 0.254 e. The summed E-state index contributed by atoms with van der Waals surface area (Å²) in [6.45, 7) is 5.49. The Morgan fingerprint density at radius 1 is 0.897 bits per heavy atom. The molecule has 0 spiro atoms. The molecule has 29 heavy (non-hydrogen) atoms. The van der Waals surface area contributed by atoms with E-state index in [0.29, 0.717) is 35.3 Å². The molecule has 3 aromatic rings. The molecule has 0 aliphatic carbocycles. The number of hydrogen-bond donors (Lipinski definition) is 1. The molecule has 0 bridgehead atoms. The maximum atomic E-state index is 13.4. The molecule has 1 heterocycles. The van der Waals surface area contributed by atoms with Crippen molar-refractivity contribution in [3.8, 4) is 0 Å². The standard InChI is InChI=1S/C25H28N2O2/c1-3-17-27(18-4-2)24(28)22-15-16-26-19-23(22)25(29,20-11-7-5-8-12-20)21-13-9-6-10-14-21/h5-16,19,29H,3-4,17-18H2,1-2H3. The summed E-state index contributed by atoms with van der Waals surface area (Å²) >= 11 is 0. The molecule has 150 valence electrons. The van der Waals surface area contributed by atoms with Crippen molar-refractivity contribution >= 4 is 5.91 Å². The van der Waals surface area contributed by atoms with Gasteiger partial charge in [-0.05, 0) is 30.0 Å². The maximum absolute atomic E-state index is 13.4. The van der Waals surface area contributed by atoms with Gasteiger partial charge in [-0.1, -0.05) is 74.5 Å². The maximum Gasteiger partial charge on any atom is 0.254 e. The number of hydrogen-bond acceptors (Lipinski definition) is 3. The molecule has 0 fully saturated rings. The lowest BCUT2D eigenvalue weighted by Gasteiger charge is -2.32. The Morgan fingerprint density at radius 2 is 1.41 bits per heavy atom. The second-order valence-corrected chi connectivity index (χ2v) is 7.16. The molecule has 0 aliphatic rings. The Hall–Kier alpha value is -2.98. The van der Waals surface area contributed by atoms with Gasteiger partial charge in [0.2, 0.25) is 0 Å². The minimum absolute atomic E-state index is 0.0728. The Kier molecular flexibility index (Phi) is 6.78. The van der Waals surface area contributed by atoms with E-state index in [1.165, 1.54) is 0 Å². The third-order valence-corrected chi connectivity index (χ3v) is 5.10. The first-order chi connectivity index (χ1) is 14.1. The van der Waals surface area contributed by atoms with Crippen LogP contribution in [0.15, 0.2) is 79.1 Å². The fraction of sp³-hybridized carbons (Fsp3) is 0.280. The van der Waals surface area contributed by atoms with Crippen LogP contribution in [-0.2, 0) is 5.60 Å². The van der Waals surface area contributed by atoms with Gasteiger partial charge in [0.05, 0.1) is 0 Å². The molecule has 4 nitrogen and oxygen atoms in total. The minimum Gasteiger partial charge on any atom is -0.376 e. The van der Waals surface area contributed by atoms with Crippen LogP contribution >= 0.6 is 0 Å². The van der Waals surface area contributed by atoms with Crippen LogP contribution in [0.1, 0.15) is 53.7 Å². The van der Waals surface area contributed by atoms with Crippen LogP contribution in [-0.4, -0.2) is 34.0 Å². The number of carbonyl (C=O) groups is 1. The van der Waals surface area contributed by atoms with Crippen LogP contribution < -0.4 is 0 Å². The number of nitrogens with zero attached hydrogens (tertiary/aromatic N) is 2. The van der Waals surface area contributed by atoms with Crippen LogP contribution in [0, 0.1) is 0 Å². The van der Waals surface area contributed by atoms with Gasteiger partial charge in [-0.15, -0.1) is 0 Å². The lowest BCUT2D eigenvalue weighted by atomic mass is 9.79.